The number of alkyl halides is 3. The number of rotatable bonds is 6. The van der Waals surface area contributed by atoms with Gasteiger partial charge < -0.3 is 11.0 Å². The molecule has 6 unspecified atom stereocenters. The summed E-state index contributed by atoms with van der Waals surface area (Å²) in [5.74, 6) is 3.04. The van der Waals surface area contributed by atoms with Gasteiger partial charge in [0, 0.05) is 21.1 Å². The Hall–Kier alpha value is -0.502. The summed E-state index contributed by atoms with van der Waals surface area (Å²) in [4.78, 5) is 0. The summed E-state index contributed by atoms with van der Waals surface area (Å²) in [5.41, 5.74) is -2.52. The average molecular weight is 571 g/mol. The number of allylic oxidation sites excluding steroid dienone is 3. The van der Waals surface area contributed by atoms with Crippen LogP contribution in [0, 0.1) is 23.7 Å². The molecule has 33 heavy (non-hydrogen) atoms. The Morgan fingerprint density at radius 1 is 1.21 bits per heavy atom. The molecule has 5 aliphatic carbocycles. The van der Waals surface area contributed by atoms with Crippen LogP contribution in [0.5, 0.6) is 0 Å². The van der Waals surface area contributed by atoms with E-state index in [0.29, 0.717) is 17.8 Å². The quantitative estimate of drug-likeness (QED) is 0.168. The van der Waals surface area contributed by atoms with Gasteiger partial charge in [0.05, 0.1) is 5.57 Å². The Morgan fingerprint density at radius 3 is 2.55 bits per heavy atom. The summed E-state index contributed by atoms with van der Waals surface area (Å²) in [6.07, 6.45) is 3.72. The van der Waals surface area contributed by atoms with E-state index in [1.54, 1.807) is 10.5 Å². The van der Waals surface area contributed by atoms with Crippen LogP contribution < -0.4 is 4.72 Å². The maximum absolute atomic E-state index is 13.4. The van der Waals surface area contributed by atoms with Gasteiger partial charge in [-0.3, -0.25) is 0 Å². The van der Waals surface area contributed by atoms with Gasteiger partial charge in [0.25, 0.3) is 6.23 Å². The van der Waals surface area contributed by atoms with Crippen LogP contribution in [-0.4, -0.2) is 54.1 Å². The Morgan fingerprint density at radius 2 is 1.88 bits per heavy atom. The van der Waals surface area contributed by atoms with Crippen molar-refractivity contribution in [2.24, 2.45) is 17.8 Å². The van der Waals surface area contributed by atoms with Crippen LogP contribution in [0.15, 0.2) is 23.8 Å². The first kappa shape index (κ1) is 27.1. The molecule has 0 heterocycles. The van der Waals surface area contributed by atoms with Crippen molar-refractivity contribution in [3.63, 3.8) is 0 Å². The van der Waals surface area contributed by atoms with Gasteiger partial charge >= 0.3 is 6.18 Å². The molecule has 186 valence electrons. The summed E-state index contributed by atoms with van der Waals surface area (Å²) in [7, 11) is -4.42. The van der Waals surface area contributed by atoms with Crippen LogP contribution in [0.1, 0.15) is 58.8 Å². The molecular formula is C23H33F3MoN2O3S. The van der Waals surface area contributed by atoms with Crippen molar-refractivity contribution in [1.82, 2.24) is 4.72 Å². The van der Waals surface area contributed by atoms with Crippen molar-refractivity contribution in [1.29, 1.82) is 0 Å². The molecule has 0 aromatic carbocycles. The van der Waals surface area contributed by atoms with Crippen LogP contribution in [0.2, 0.25) is 0 Å². The number of aliphatic hydroxyl groups excluding tert-OH is 1. The van der Waals surface area contributed by atoms with Crippen molar-refractivity contribution in [3.8, 4) is 0 Å². The van der Waals surface area contributed by atoms with E-state index in [4.69, 9.17) is 0 Å². The fraction of sp³-hybridized carbons (Fsp3) is 0.739. The standard InChI is InChI=1S/C23H33F3N2O3S.Mo/c1-22(2,27-32(30,31)19-7-5-4-6-18(19)23(24,25)26)21(29)28(3)20-16-9-8-14-10-15(12-16)13-17(20)11-14;/h4-6,14,16-17,19-21,27,29H,3,7-13H2,1-2H3;. The first-order valence-corrected chi connectivity index (χ1v) is 12.9. The molecular weight excluding hydrogens is 537 g/mol. The smallest absolute Gasteiger partial charge is 0.336 e. The Labute approximate surface area is 208 Å². The van der Waals surface area contributed by atoms with E-state index >= 15 is 0 Å². The van der Waals surface area contributed by atoms with Gasteiger partial charge in [-0.05, 0) is 44.9 Å². The SMILES string of the molecule is C=[N+](C1C2CCC3C[C-](C2)CC1C3)C(O)C(C)(C)NS(=O)(=O)C1CC=CC=C1C(F)(F)F.[Mo]. The maximum Gasteiger partial charge on any atom is 0.414 e. The summed E-state index contributed by atoms with van der Waals surface area (Å²) in [6, 6.07) is 0.0334. The normalized spacial score (nSPS) is 33.3. The third-order valence-corrected chi connectivity index (χ3v) is 9.79. The largest absolute Gasteiger partial charge is 0.414 e. The number of nitrogens with one attached hydrogen (secondary N) is 1. The fourth-order valence-electron chi connectivity index (χ4n) is 6.49. The number of fused-ring (bicyclic) bond motifs is 1. The molecule has 4 bridgehead atoms. The average Bonchev–Trinajstić information content (AvgIpc) is 2.91. The summed E-state index contributed by atoms with van der Waals surface area (Å²) >= 11 is 0. The molecule has 0 aromatic heterocycles. The molecule has 0 aliphatic heterocycles. The van der Waals surface area contributed by atoms with Gasteiger partial charge in [-0.15, -0.1) is 0 Å². The number of sulfonamides is 1. The summed E-state index contributed by atoms with van der Waals surface area (Å²) in [6.45, 7) is 7.13. The zero-order valence-electron chi connectivity index (χ0n) is 19.0. The second kappa shape index (κ2) is 9.51. The van der Waals surface area contributed by atoms with Gasteiger partial charge in [0.1, 0.15) is 17.5 Å². The molecule has 0 aromatic rings. The minimum atomic E-state index is -4.75. The van der Waals surface area contributed by atoms with Crippen LogP contribution in [0.25, 0.3) is 0 Å². The maximum atomic E-state index is 13.4. The Kier molecular flexibility index (Phi) is 7.81. The molecule has 0 amide bonds. The van der Waals surface area contributed by atoms with Gasteiger partial charge in [-0.1, -0.05) is 30.6 Å². The predicted molar refractivity (Wildman–Crippen MR) is 116 cm³/mol. The van der Waals surface area contributed by atoms with Crippen molar-refractivity contribution >= 4 is 16.7 Å². The molecule has 4 fully saturated rings. The monoisotopic (exact) mass is 572 g/mol. The predicted octanol–water partition coefficient (Wildman–Crippen LogP) is 3.70. The van der Waals surface area contributed by atoms with Crippen molar-refractivity contribution in [3.05, 3.63) is 29.7 Å². The van der Waals surface area contributed by atoms with Crippen LogP contribution in [0.4, 0.5) is 13.2 Å². The zero-order chi connectivity index (χ0) is 23.5. The van der Waals surface area contributed by atoms with E-state index < -0.39 is 38.8 Å². The molecule has 5 rings (SSSR count). The Bertz CT molecular complexity index is 924. The summed E-state index contributed by atoms with van der Waals surface area (Å²) in [5, 5.41) is 9.44. The molecule has 0 radical (unpaired) electrons. The van der Waals surface area contributed by atoms with E-state index in [0.717, 1.165) is 31.8 Å². The van der Waals surface area contributed by atoms with Crippen molar-refractivity contribution in [2.45, 2.75) is 88.0 Å². The topological polar surface area (TPSA) is 69.4 Å². The number of halogens is 3. The molecule has 5 nitrogen and oxygen atoms in total. The van der Waals surface area contributed by atoms with Gasteiger partial charge in [-0.2, -0.15) is 37.2 Å². The minimum Gasteiger partial charge on any atom is -0.336 e. The molecule has 5 aliphatic rings. The van der Waals surface area contributed by atoms with E-state index in [1.807, 2.05) is 0 Å². The van der Waals surface area contributed by atoms with Gasteiger partial charge in [-0.25, -0.2) is 13.0 Å². The molecule has 2 N–H and O–H groups in total. The number of hydrogen-bond donors (Lipinski definition) is 2. The molecule has 0 saturated heterocycles. The molecule has 0 spiro atoms. The fourth-order valence-corrected chi connectivity index (χ4v) is 8.38. The van der Waals surface area contributed by atoms with Gasteiger partial charge in [0.2, 0.25) is 10.0 Å². The number of hydrogen-bond acceptors (Lipinski definition) is 3. The minimum absolute atomic E-state index is 0. The zero-order valence-corrected chi connectivity index (χ0v) is 21.8. The molecule has 6 atom stereocenters. The number of aliphatic hydroxyl groups is 1. The van der Waals surface area contributed by atoms with E-state index in [2.05, 4.69) is 11.4 Å². The molecule has 4 saturated carbocycles. The van der Waals surface area contributed by atoms with Crippen LogP contribution in [-0.2, 0) is 31.1 Å². The second-order valence-corrected chi connectivity index (χ2v) is 12.4. The molecule has 10 heteroatoms. The van der Waals surface area contributed by atoms with Crippen molar-refractivity contribution < 1.29 is 52.3 Å². The third-order valence-electron chi connectivity index (χ3n) is 7.79. The van der Waals surface area contributed by atoms with E-state index in [1.165, 1.54) is 38.8 Å². The first-order valence-electron chi connectivity index (χ1n) is 11.4. The first-order chi connectivity index (χ1) is 14.8. The van der Waals surface area contributed by atoms with E-state index in [9.17, 15) is 26.7 Å². The number of nitrogens with zero attached hydrogens (tertiary/aromatic N) is 1. The summed E-state index contributed by atoms with van der Waals surface area (Å²) < 4.78 is 70.3. The Balaban J connectivity index is 0.00000306. The van der Waals surface area contributed by atoms with Crippen LogP contribution >= 0.6 is 0 Å². The third kappa shape index (κ3) is 5.36. The van der Waals surface area contributed by atoms with Crippen LogP contribution in [0.3, 0.4) is 0 Å². The van der Waals surface area contributed by atoms with Gasteiger partial charge in [0.15, 0.2) is 6.04 Å². The van der Waals surface area contributed by atoms with E-state index in [-0.39, 0.29) is 33.5 Å². The van der Waals surface area contributed by atoms with Crippen molar-refractivity contribution in [2.75, 3.05) is 0 Å². The second-order valence-electron chi connectivity index (χ2n) is 10.6.